The van der Waals surface area contributed by atoms with E-state index < -0.39 is 0 Å². The van der Waals surface area contributed by atoms with Crippen molar-refractivity contribution < 1.29 is 0 Å². The SMILES string of the molecule is CC(C)c1nc(-c2ccccn2)sc1Br. The fraction of sp³-hybridized carbons (Fsp3) is 0.273. The van der Waals surface area contributed by atoms with Gasteiger partial charge in [-0.3, -0.25) is 4.98 Å². The van der Waals surface area contributed by atoms with Gasteiger partial charge in [0.05, 0.1) is 15.2 Å². The molecule has 2 aromatic rings. The molecule has 0 amide bonds. The van der Waals surface area contributed by atoms with Crippen molar-refractivity contribution in [1.29, 1.82) is 0 Å². The van der Waals surface area contributed by atoms with Crippen molar-refractivity contribution in [3.63, 3.8) is 0 Å². The highest BCUT2D eigenvalue weighted by atomic mass is 79.9. The van der Waals surface area contributed by atoms with Crippen LogP contribution >= 0.6 is 27.3 Å². The zero-order chi connectivity index (χ0) is 10.8. The smallest absolute Gasteiger partial charge is 0.143 e. The summed E-state index contributed by atoms with van der Waals surface area (Å²) in [7, 11) is 0. The van der Waals surface area contributed by atoms with Gasteiger partial charge < -0.3 is 0 Å². The Bertz CT molecular complexity index is 451. The highest BCUT2D eigenvalue weighted by Gasteiger charge is 2.13. The molecule has 4 heteroatoms. The van der Waals surface area contributed by atoms with Gasteiger partial charge >= 0.3 is 0 Å². The second-order valence-electron chi connectivity index (χ2n) is 3.55. The fourth-order valence-electron chi connectivity index (χ4n) is 1.27. The van der Waals surface area contributed by atoms with E-state index >= 15 is 0 Å². The minimum atomic E-state index is 0.438. The first-order valence-electron chi connectivity index (χ1n) is 4.76. The van der Waals surface area contributed by atoms with E-state index in [0.29, 0.717) is 5.92 Å². The van der Waals surface area contributed by atoms with Gasteiger partial charge in [-0.15, -0.1) is 11.3 Å². The van der Waals surface area contributed by atoms with Crippen LogP contribution < -0.4 is 0 Å². The van der Waals surface area contributed by atoms with E-state index in [-0.39, 0.29) is 0 Å². The molecule has 78 valence electrons. The van der Waals surface area contributed by atoms with Crippen LogP contribution in [-0.2, 0) is 0 Å². The van der Waals surface area contributed by atoms with E-state index in [0.717, 1.165) is 20.2 Å². The molecule has 0 N–H and O–H groups in total. The molecule has 15 heavy (non-hydrogen) atoms. The normalized spacial score (nSPS) is 10.9. The Morgan fingerprint density at radius 1 is 1.33 bits per heavy atom. The van der Waals surface area contributed by atoms with E-state index in [2.05, 4.69) is 39.7 Å². The molecule has 0 aliphatic rings. The minimum Gasteiger partial charge on any atom is -0.254 e. The first-order valence-corrected chi connectivity index (χ1v) is 6.37. The summed E-state index contributed by atoms with van der Waals surface area (Å²) >= 11 is 5.18. The molecule has 0 aliphatic heterocycles. The molecule has 0 radical (unpaired) electrons. The zero-order valence-electron chi connectivity index (χ0n) is 8.57. The summed E-state index contributed by atoms with van der Waals surface area (Å²) < 4.78 is 1.11. The van der Waals surface area contributed by atoms with E-state index in [1.165, 1.54) is 0 Å². The average Bonchev–Trinajstić information content (AvgIpc) is 2.62. The maximum absolute atomic E-state index is 4.59. The number of thiazole rings is 1. The molecule has 0 saturated carbocycles. The van der Waals surface area contributed by atoms with Crippen LogP contribution in [0.2, 0.25) is 0 Å². The Kier molecular flexibility index (Phi) is 3.17. The van der Waals surface area contributed by atoms with Crippen LogP contribution in [0, 0.1) is 0 Å². The Morgan fingerprint density at radius 3 is 2.67 bits per heavy atom. The predicted octanol–water partition coefficient (Wildman–Crippen LogP) is 4.09. The second-order valence-corrected chi connectivity index (χ2v) is 5.86. The Labute approximate surface area is 102 Å². The Hall–Kier alpha value is -0.740. The fourth-order valence-corrected chi connectivity index (χ4v) is 3.20. The summed E-state index contributed by atoms with van der Waals surface area (Å²) in [6, 6.07) is 5.87. The van der Waals surface area contributed by atoms with E-state index in [4.69, 9.17) is 0 Å². The first-order chi connectivity index (χ1) is 7.18. The van der Waals surface area contributed by atoms with Crippen molar-refractivity contribution in [2.45, 2.75) is 19.8 Å². The lowest BCUT2D eigenvalue weighted by atomic mass is 10.2. The number of hydrogen-bond donors (Lipinski definition) is 0. The molecule has 0 atom stereocenters. The van der Waals surface area contributed by atoms with Crippen molar-refractivity contribution in [3.8, 4) is 10.7 Å². The Balaban J connectivity index is 2.43. The van der Waals surface area contributed by atoms with Gasteiger partial charge in [0.15, 0.2) is 0 Å². The quantitative estimate of drug-likeness (QED) is 0.829. The molecule has 0 saturated heterocycles. The highest BCUT2D eigenvalue weighted by Crippen LogP contribution is 2.34. The molecular formula is C11H11BrN2S. The van der Waals surface area contributed by atoms with Crippen LogP contribution in [0.5, 0.6) is 0 Å². The van der Waals surface area contributed by atoms with Crippen molar-refractivity contribution in [2.24, 2.45) is 0 Å². The Morgan fingerprint density at radius 2 is 2.13 bits per heavy atom. The summed E-state index contributed by atoms with van der Waals surface area (Å²) in [5, 5.41) is 0.978. The molecule has 2 heterocycles. The topological polar surface area (TPSA) is 25.8 Å². The molecule has 0 spiro atoms. The lowest BCUT2D eigenvalue weighted by molar-refractivity contribution is 0.829. The third kappa shape index (κ3) is 2.26. The average molecular weight is 283 g/mol. The van der Waals surface area contributed by atoms with Crippen molar-refractivity contribution in [2.75, 3.05) is 0 Å². The lowest BCUT2D eigenvalue weighted by Gasteiger charge is -1.98. The van der Waals surface area contributed by atoms with Crippen LogP contribution in [0.4, 0.5) is 0 Å². The minimum absolute atomic E-state index is 0.438. The number of aromatic nitrogens is 2. The van der Waals surface area contributed by atoms with Gasteiger partial charge in [-0.1, -0.05) is 19.9 Å². The van der Waals surface area contributed by atoms with Gasteiger partial charge in [-0.25, -0.2) is 4.98 Å². The maximum Gasteiger partial charge on any atom is 0.143 e. The molecule has 0 bridgehead atoms. The van der Waals surface area contributed by atoms with E-state index in [9.17, 15) is 0 Å². The molecule has 0 fully saturated rings. The molecule has 0 aliphatic carbocycles. The number of pyridine rings is 1. The third-order valence-corrected chi connectivity index (χ3v) is 3.81. The van der Waals surface area contributed by atoms with Crippen molar-refractivity contribution >= 4 is 27.3 Å². The standard InChI is InChI=1S/C11H11BrN2S/c1-7(2)9-10(12)15-11(14-9)8-5-3-4-6-13-8/h3-7H,1-2H3. The molecule has 0 unspecified atom stereocenters. The molecule has 2 rings (SSSR count). The molecular weight excluding hydrogens is 272 g/mol. The predicted molar refractivity (Wildman–Crippen MR) is 67.1 cm³/mol. The molecule has 2 nitrogen and oxygen atoms in total. The summed E-state index contributed by atoms with van der Waals surface area (Å²) in [4.78, 5) is 8.88. The van der Waals surface area contributed by atoms with Gasteiger partial charge in [-0.2, -0.15) is 0 Å². The number of rotatable bonds is 2. The van der Waals surface area contributed by atoms with Gasteiger partial charge in [-0.05, 0) is 34.0 Å². The van der Waals surface area contributed by atoms with Crippen LogP contribution in [-0.4, -0.2) is 9.97 Å². The van der Waals surface area contributed by atoms with Gasteiger partial charge in [0, 0.05) is 6.20 Å². The third-order valence-electron chi connectivity index (χ3n) is 2.04. The van der Waals surface area contributed by atoms with Gasteiger partial charge in [0.1, 0.15) is 5.01 Å². The first kappa shape index (κ1) is 10.8. The maximum atomic E-state index is 4.59. The number of nitrogens with zero attached hydrogens (tertiary/aromatic N) is 2. The lowest BCUT2D eigenvalue weighted by Crippen LogP contribution is -1.88. The molecule has 0 aromatic carbocycles. The van der Waals surface area contributed by atoms with Crippen molar-refractivity contribution in [1.82, 2.24) is 9.97 Å². The summed E-state index contributed by atoms with van der Waals surface area (Å²) in [5.41, 5.74) is 2.05. The summed E-state index contributed by atoms with van der Waals surface area (Å²) in [6.07, 6.45) is 1.79. The summed E-state index contributed by atoms with van der Waals surface area (Å²) in [6.45, 7) is 4.28. The van der Waals surface area contributed by atoms with E-state index in [1.807, 2.05) is 18.2 Å². The van der Waals surface area contributed by atoms with Crippen LogP contribution in [0.3, 0.4) is 0 Å². The van der Waals surface area contributed by atoms with Crippen LogP contribution in [0.25, 0.3) is 10.7 Å². The largest absolute Gasteiger partial charge is 0.254 e. The molecule has 2 aromatic heterocycles. The van der Waals surface area contributed by atoms with Crippen LogP contribution in [0.1, 0.15) is 25.5 Å². The number of halogens is 1. The second kappa shape index (κ2) is 4.41. The number of hydrogen-bond acceptors (Lipinski definition) is 3. The van der Waals surface area contributed by atoms with Crippen molar-refractivity contribution in [3.05, 3.63) is 33.9 Å². The van der Waals surface area contributed by atoms with Crippen LogP contribution in [0.15, 0.2) is 28.2 Å². The van der Waals surface area contributed by atoms with Gasteiger partial charge in [0.2, 0.25) is 0 Å². The highest BCUT2D eigenvalue weighted by molar-refractivity contribution is 9.11. The summed E-state index contributed by atoms with van der Waals surface area (Å²) in [5.74, 6) is 0.438. The van der Waals surface area contributed by atoms with E-state index in [1.54, 1.807) is 17.5 Å². The zero-order valence-corrected chi connectivity index (χ0v) is 11.0. The van der Waals surface area contributed by atoms with Gasteiger partial charge in [0.25, 0.3) is 0 Å². The monoisotopic (exact) mass is 282 g/mol.